The summed E-state index contributed by atoms with van der Waals surface area (Å²) < 4.78 is 0. The summed E-state index contributed by atoms with van der Waals surface area (Å²) in [5.74, 6) is 3.51. The molecular weight excluding hydrogens is 160 g/mol. The fraction of sp³-hybridized carbons (Fsp3) is 0.818. The number of rotatable bonds is 4. The molecule has 1 saturated heterocycles. The second kappa shape index (κ2) is 6.01. The molecule has 2 nitrogen and oxygen atoms in total. The van der Waals surface area contributed by atoms with Crippen molar-refractivity contribution in [2.24, 2.45) is 5.92 Å². The van der Waals surface area contributed by atoms with Crippen LogP contribution in [0, 0.1) is 18.3 Å². The molecule has 0 aliphatic carbocycles. The number of likely N-dealkylation sites (tertiary alicyclic amines) is 1. The first-order valence-electron chi connectivity index (χ1n) is 5.15. The van der Waals surface area contributed by atoms with Gasteiger partial charge in [0.05, 0.1) is 0 Å². The standard InChI is InChI=1S/C11H20N2/c1-3-4-7-12-10-11-5-8-13(2)9-6-11/h1,11-12H,4-10H2,2H3. The van der Waals surface area contributed by atoms with Gasteiger partial charge in [-0.3, -0.25) is 0 Å². The van der Waals surface area contributed by atoms with Gasteiger partial charge < -0.3 is 10.2 Å². The van der Waals surface area contributed by atoms with Crippen molar-refractivity contribution in [3.05, 3.63) is 0 Å². The van der Waals surface area contributed by atoms with E-state index in [0.29, 0.717) is 0 Å². The van der Waals surface area contributed by atoms with Crippen LogP contribution in [0.1, 0.15) is 19.3 Å². The summed E-state index contributed by atoms with van der Waals surface area (Å²) in [5, 5.41) is 3.41. The van der Waals surface area contributed by atoms with Gasteiger partial charge in [-0.05, 0) is 45.4 Å². The van der Waals surface area contributed by atoms with E-state index in [9.17, 15) is 0 Å². The Balaban J connectivity index is 2.00. The molecule has 1 aliphatic heterocycles. The molecule has 1 aliphatic rings. The van der Waals surface area contributed by atoms with Crippen molar-refractivity contribution in [2.45, 2.75) is 19.3 Å². The van der Waals surface area contributed by atoms with Crippen molar-refractivity contribution >= 4 is 0 Å². The Bertz CT molecular complexity index is 163. The van der Waals surface area contributed by atoms with Gasteiger partial charge in [0.2, 0.25) is 0 Å². The molecule has 2 heteroatoms. The van der Waals surface area contributed by atoms with Crippen molar-refractivity contribution in [1.82, 2.24) is 10.2 Å². The molecule has 1 N–H and O–H groups in total. The topological polar surface area (TPSA) is 15.3 Å². The SMILES string of the molecule is C#CCCNCC1CCN(C)CC1. The zero-order chi connectivity index (χ0) is 9.52. The van der Waals surface area contributed by atoms with Gasteiger partial charge in [0.25, 0.3) is 0 Å². The summed E-state index contributed by atoms with van der Waals surface area (Å²) in [7, 11) is 2.20. The van der Waals surface area contributed by atoms with Gasteiger partial charge in [0.1, 0.15) is 0 Å². The second-order valence-electron chi connectivity index (χ2n) is 3.90. The summed E-state index contributed by atoms with van der Waals surface area (Å²) in [6.07, 6.45) is 8.69. The fourth-order valence-electron chi connectivity index (χ4n) is 1.73. The predicted molar refractivity (Wildman–Crippen MR) is 56.5 cm³/mol. The Morgan fingerprint density at radius 1 is 1.46 bits per heavy atom. The fourth-order valence-corrected chi connectivity index (χ4v) is 1.73. The van der Waals surface area contributed by atoms with E-state index in [1.807, 2.05) is 0 Å². The Labute approximate surface area is 81.7 Å². The number of hydrogen-bond acceptors (Lipinski definition) is 2. The lowest BCUT2D eigenvalue weighted by molar-refractivity contribution is 0.216. The van der Waals surface area contributed by atoms with Crippen LogP contribution in [-0.2, 0) is 0 Å². The zero-order valence-corrected chi connectivity index (χ0v) is 8.55. The van der Waals surface area contributed by atoms with Crippen LogP contribution in [0.15, 0.2) is 0 Å². The molecule has 0 aromatic rings. The minimum absolute atomic E-state index is 0.854. The highest BCUT2D eigenvalue weighted by Gasteiger charge is 2.15. The minimum Gasteiger partial charge on any atom is -0.316 e. The first-order valence-corrected chi connectivity index (χ1v) is 5.15. The maximum absolute atomic E-state index is 5.17. The quantitative estimate of drug-likeness (QED) is 0.512. The highest BCUT2D eigenvalue weighted by Crippen LogP contribution is 2.14. The molecular formula is C11H20N2. The van der Waals surface area contributed by atoms with Gasteiger partial charge in [-0.15, -0.1) is 12.3 Å². The summed E-state index contributed by atoms with van der Waals surface area (Å²) in [5.41, 5.74) is 0. The van der Waals surface area contributed by atoms with Crippen LogP contribution >= 0.6 is 0 Å². The van der Waals surface area contributed by atoms with Crippen LogP contribution in [0.3, 0.4) is 0 Å². The Kier molecular flexibility index (Phi) is 4.88. The van der Waals surface area contributed by atoms with Crippen molar-refractivity contribution in [1.29, 1.82) is 0 Å². The molecule has 1 rings (SSSR count). The molecule has 74 valence electrons. The third-order valence-corrected chi connectivity index (χ3v) is 2.72. The third kappa shape index (κ3) is 4.31. The molecule has 1 heterocycles. The molecule has 0 atom stereocenters. The zero-order valence-electron chi connectivity index (χ0n) is 8.55. The van der Waals surface area contributed by atoms with Crippen LogP contribution in [0.4, 0.5) is 0 Å². The summed E-state index contributed by atoms with van der Waals surface area (Å²) >= 11 is 0. The van der Waals surface area contributed by atoms with E-state index in [1.165, 1.54) is 25.9 Å². The van der Waals surface area contributed by atoms with Gasteiger partial charge in [-0.2, -0.15) is 0 Å². The molecule has 0 spiro atoms. The second-order valence-corrected chi connectivity index (χ2v) is 3.90. The monoisotopic (exact) mass is 180 g/mol. The van der Waals surface area contributed by atoms with Crippen LogP contribution in [0.25, 0.3) is 0 Å². The van der Waals surface area contributed by atoms with Crippen LogP contribution < -0.4 is 5.32 Å². The highest BCUT2D eigenvalue weighted by atomic mass is 15.1. The predicted octanol–water partition coefficient (Wildman–Crippen LogP) is 0.941. The van der Waals surface area contributed by atoms with E-state index in [4.69, 9.17) is 6.42 Å². The number of piperidine rings is 1. The van der Waals surface area contributed by atoms with Crippen LogP contribution in [0.2, 0.25) is 0 Å². The smallest absolute Gasteiger partial charge is 0.0211 e. The lowest BCUT2D eigenvalue weighted by Gasteiger charge is -2.28. The first-order chi connectivity index (χ1) is 6.33. The van der Waals surface area contributed by atoms with Crippen LogP contribution in [0.5, 0.6) is 0 Å². The molecule has 0 saturated carbocycles. The lowest BCUT2D eigenvalue weighted by Crippen LogP contribution is -2.35. The molecule has 0 bridgehead atoms. The number of hydrogen-bond donors (Lipinski definition) is 1. The Hall–Kier alpha value is -0.520. The van der Waals surface area contributed by atoms with E-state index in [1.54, 1.807) is 0 Å². The molecule has 0 aromatic heterocycles. The van der Waals surface area contributed by atoms with Crippen LogP contribution in [-0.4, -0.2) is 38.1 Å². The van der Waals surface area contributed by atoms with E-state index in [2.05, 4.69) is 23.2 Å². The molecule has 0 radical (unpaired) electrons. The van der Waals surface area contributed by atoms with Gasteiger partial charge in [-0.1, -0.05) is 0 Å². The van der Waals surface area contributed by atoms with E-state index in [-0.39, 0.29) is 0 Å². The lowest BCUT2D eigenvalue weighted by atomic mass is 9.97. The minimum atomic E-state index is 0.854. The van der Waals surface area contributed by atoms with Crippen molar-refractivity contribution in [3.8, 4) is 12.3 Å². The number of nitrogens with one attached hydrogen (secondary N) is 1. The molecule has 0 amide bonds. The highest BCUT2D eigenvalue weighted by molar-refractivity contribution is 4.84. The van der Waals surface area contributed by atoms with Crippen molar-refractivity contribution in [3.63, 3.8) is 0 Å². The molecule has 13 heavy (non-hydrogen) atoms. The average molecular weight is 180 g/mol. The van der Waals surface area contributed by atoms with Crippen molar-refractivity contribution in [2.75, 3.05) is 33.2 Å². The van der Waals surface area contributed by atoms with Gasteiger partial charge in [0.15, 0.2) is 0 Å². The maximum atomic E-state index is 5.17. The van der Waals surface area contributed by atoms with E-state index in [0.717, 1.165) is 25.4 Å². The molecule has 0 aromatic carbocycles. The van der Waals surface area contributed by atoms with Crippen molar-refractivity contribution < 1.29 is 0 Å². The number of nitrogens with zero attached hydrogens (tertiary/aromatic N) is 1. The van der Waals surface area contributed by atoms with Gasteiger partial charge in [0, 0.05) is 13.0 Å². The van der Waals surface area contributed by atoms with E-state index < -0.39 is 0 Å². The maximum Gasteiger partial charge on any atom is 0.0211 e. The van der Waals surface area contributed by atoms with Gasteiger partial charge >= 0.3 is 0 Å². The summed E-state index contributed by atoms with van der Waals surface area (Å²) in [6.45, 7) is 4.63. The summed E-state index contributed by atoms with van der Waals surface area (Å²) in [6, 6.07) is 0. The Morgan fingerprint density at radius 2 is 2.15 bits per heavy atom. The normalized spacial score (nSPS) is 20.0. The first kappa shape index (κ1) is 10.6. The Morgan fingerprint density at radius 3 is 2.77 bits per heavy atom. The third-order valence-electron chi connectivity index (χ3n) is 2.72. The average Bonchev–Trinajstić information content (AvgIpc) is 2.15. The molecule has 1 fully saturated rings. The summed E-state index contributed by atoms with van der Waals surface area (Å²) in [4.78, 5) is 2.40. The van der Waals surface area contributed by atoms with E-state index >= 15 is 0 Å². The number of terminal acetylenes is 1. The van der Waals surface area contributed by atoms with Gasteiger partial charge in [-0.25, -0.2) is 0 Å². The molecule has 0 unspecified atom stereocenters. The largest absolute Gasteiger partial charge is 0.316 e.